The van der Waals surface area contributed by atoms with Crippen LogP contribution in [0.15, 0.2) is 66.1 Å². The van der Waals surface area contributed by atoms with Gasteiger partial charge in [-0.05, 0) is 48.5 Å². The van der Waals surface area contributed by atoms with Crippen molar-refractivity contribution in [2.24, 2.45) is 0 Å². The summed E-state index contributed by atoms with van der Waals surface area (Å²) in [7, 11) is -4.19. The molecule has 0 aliphatic heterocycles. The van der Waals surface area contributed by atoms with E-state index >= 15 is 0 Å². The van der Waals surface area contributed by atoms with Gasteiger partial charge in [-0.3, -0.25) is 4.55 Å². The molecule has 0 aliphatic rings. The third kappa shape index (κ3) is 3.13. The Labute approximate surface area is 126 Å². The second-order valence-electron chi connectivity index (χ2n) is 4.38. The van der Waals surface area contributed by atoms with Crippen LogP contribution in [-0.4, -0.2) is 27.7 Å². The first-order valence-electron chi connectivity index (χ1n) is 6.23. The molecule has 1 aromatic heterocycles. The smallest absolute Gasteiger partial charge is 0.294 e. The third-order valence-corrected chi connectivity index (χ3v) is 3.75. The summed E-state index contributed by atoms with van der Waals surface area (Å²) in [5, 5.41) is 4.02. The summed E-state index contributed by atoms with van der Waals surface area (Å²) >= 11 is 0. The van der Waals surface area contributed by atoms with Crippen molar-refractivity contribution < 1.29 is 17.7 Å². The Bertz CT molecular complexity index is 857. The summed E-state index contributed by atoms with van der Waals surface area (Å²) in [6.45, 7) is 0. The lowest BCUT2D eigenvalue weighted by atomic mass is 10.3. The minimum atomic E-state index is -4.19. The molecule has 3 rings (SSSR count). The van der Waals surface area contributed by atoms with Crippen LogP contribution in [0.1, 0.15) is 0 Å². The molecule has 0 fully saturated rings. The van der Waals surface area contributed by atoms with Crippen LogP contribution in [0.4, 0.5) is 0 Å². The zero-order valence-corrected chi connectivity index (χ0v) is 12.0. The average molecular weight is 317 g/mol. The van der Waals surface area contributed by atoms with Crippen molar-refractivity contribution in [3.63, 3.8) is 0 Å². The predicted octanol–water partition coefficient (Wildman–Crippen LogP) is 2.31. The first-order valence-corrected chi connectivity index (χ1v) is 7.67. The van der Waals surface area contributed by atoms with E-state index in [9.17, 15) is 8.42 Å². The quantitative estimate of drug-likeness (QED) is 0.742. The number of nitrogens with zero attached hydrogens (tertiary/aromatic N) is 3. The van der Waals surface area contributed by atoms with E-state index in [-0.39, 0.29) is 4.90 Å². The van der Waals surface area contributed by atoms with Gasteiger partial charge in [0.05, 0.1) is 10.6 Å². The maximum atomic E-state index is 11.0. The SMILES string of the molecule is O=S(=O)(O)c1ccc(Oc2ccc(-n3cncn3)cc2)cc1. The van der Waals surface area contributed by atoms with Crippen LogP contribution in [0, 0.1) is 0 Å². The molecule has 0 saturated heterocycles. The molecule has 3 aromatic rings. The van der Waals surface area contributed by atoms with Gasteiger partial charge in [-0.25, -0.2) is 9.67 Å². The largest absolute Gasteiger partial charge is 0.457 e. The third-order valence-electron chi connectivity index (χ3n) is 2.88. The minimum Gasteiger partial charge on any atom is -0.457 e. The van der Waals surface area contributed by atoms with Crippen molar-refractivity contribution in [2.45, 2.75) is 4.90 Å². The van der Waals surface area contributed by atoms with Crippen LogP contribution in [0.25, 0.3) is 5.69 Å². The molecule has 0 radical (unpaired) electrons. The van der Waals surface area contributed by atoms with E-state index in [1.807, 2.05) is 12.1 Å². The summed E-state index contributed by atoms with van der Waals surface area (Å²) in [6, 6.07) is 12.6. The first-order chi connectivity index (χ1) is 10.5. The molecule has 2 aromatic carbocycles. The molecule has 0 atom stereocenters. The van der Waals surface area contributed by atoms with Gasteiger partial charge in [-0.2, -0.15) is 13.5 Å². The highest BCUT2D eigenvalue weighted by molar-refractivity contribution is 7.85. The molecule has 0 spiro atoms. The van der Waals surface area contributed by atoms with Crippen molar-refractivity contribution in [1.29, 1.82) is 0 Å². The maximum Gasteiger partial charge on any atom is 0.294 e. The molecule has 1 heterocycles. The van der Waals surface area contributed by atoms with Crippen molar-refractivity contribution in [1.82, 2.24) is 14.8 Å². The monoisotopic (exact) mass is 317 g/mol. The van der Waals surface area contributed by atoms with Crippen molar-refractivity contribution in [2.75, 3.05) is 0 Å². The molecule has 8 heteroatoms. The molecule has 7 nitrogen and oxygen atoms in total. The van der Waals surface area contributed by atoms with E-state index in [0.29, 0.717) is 11.5 Å². The fourth-order valence-electron chi connectivity index (χ4n) is 1.82. The van der Waals surface area contributed by atoms with E-state index in [1.54, 1.807) is 23.1 Å². The molecule has 1 N–H and O–H groups in total. The summed E-state index contributed by atoms with van der Waals surface area (Å²) in [4.78, 5) is 3.69. The zero-order valence-electron chi connectivity index (χ0n) is 11.2. The van der Waals surface area contributed by atoms with Gasteiger partial charge < -0.3 is 4.74 Å². The standard InChI is InChI=1S/C14H11N3O4S/c18-22(19,20)14-7-5-13(6-8-14)21-12-3-1-11(2-4-12)17-10-15-9-16-17/h1-10H,(H,18,19,20). The van der Waals surface area contributed by atoms with Crippen LogP contribution in [0.3, 0.4) is 0 Å². The van der Waals surface area contributed by atoms with E-state index in [0.717, 1.165) is 5.69 Å². The zero-order chi connectivity index (χ0) is 15.6. The summed E-state index contributed by atoms with van der Waals surface area (Å²) in [6.07, 6.45) is 3.03. The number of benzene rings is 2. The Morgan fingerprint density at radius 2 is 1.55 bits per heavy atom. The van der Waals surface area contributed by atoms with Crippen LogP contribution in [-0.2, 0) is 10.1 Å². The number of hydrogen-bond acceptors (Lipinski definition) is 5. The number of hydrogen-bond donors (Lipinski definition) is 1. The van der Waals surface area contributed by atoms with Crippen LogP contribution >= 0.6 is 0 Å². The Morgan fingerprint density at radius 1 is 0.955 bits per heavy atom. The minimum absolute atomic E-state index is 0.179. The second-order valence-corrected chi connectivity index (χ2v) is 5.80. The molecule has 0 saturated carbocycles. The van der Waals surface area contributed by atoms with Gasteiger partial charge in [0.1, 0.15) is 24.2 Å². The molecule has 0 bridgehead atoms. The van der Waals surface area contributed by atoms with Gasteiger partial charge >= 0.3 is 0 Å². The fraction of sp³-hybridized carbons (Fsp3) is 0. The number of ether oxygens (including phenoxy) is 1. The van der Waals surface area contributed by atoms with E-state index < -0.39 is 10.1 Å². The molecule has 22 heavy (non-hydrogen) atoms. The van der Waals surface area contributed by atoms with Crippen LogP contribution in [0.2, 0.25) is 0 Å². The van der Waals surface area contributed by atoms with E-state index in [4.69, 9.17) is 9.29 Å². The Kier molecular flexibility index (Phi) is 3.61. The average Bonchev–Trinajstić information content (AvgIpc) is 3.02. The lowest BCUT2D eigenvalue weighted by molar-refractivity contribution is 0.478. The fourth-order valence-corrected chi connectivity index (χ4v) is 2.30. The van der Waals surface area contributed by atoms with Gasteiger partial charge in [0.2, 0.25) is 0 Å². The predicted molar refractivity (Wildman–Crippen MR) is 77.7 cm³/mol. The molecular formula is C14H11N3O4S. The van der Waals surface area contributed by atoms with E-state index in [2.05, 4.69) is 10.1 Å². The Morgan fingerprint density at radius 3 is 2.05 bits per heavy atom. The van der Waals surface area contributed by atoms with Gasteiger partial charge in [-0.1, -0.05) is 0 Å². The van der Waals surface area contributed by atoms with Crippen molar-refractivity contribution in [3.8, 4) is 17.2 Å². The highest BCUT2D eigenvalue weighted by Crippen LogP contribution is 2.23. The molecule has 0 amide bonds. The van der Waals surface area contributed by atoms with Gasteiger partial charge in [0.25, 0.3) is 10.1 Å². The topological polar surface area (TPSA) is 94.3 Å². The van der Waals surface area contributed by atoms with Crippen molar-refractivity contribution in [3.05, 3.63) is 61.2 Å². The second kappa shape index (κ2) is 5.58. The normalized spacial score (nSPS) is 11.3. The molecular weight excluding hydrogens is 306 g/mol. The van der Waals surface area contributed by atoms with Gasteiger partial charge in [-0.15, -0.1) is 0 Å². The van der Waals surface area contributed by atoms with Gasteiger partial charge in [0, 0.05) is 0 Å². The van der Waals surface area contributed by atoms with E-state index in [1.165, 1.54) is 30.6 Å². The first kappa shape index (κ1) is 14.2. The highest BCUT2D eigenvalue weighted by atomic mass is 32.2. The Hall–Kier alpha value is -2.71. The summed E-state index contributed by atoms with van der Waals surface area (Å²) < 4.78 is 38.0. The summed E-state index contributed by atoms with van der Waals surface area (Å²) in [5.74, 6) is 1.05. The lowest BCUT2D eigenvalue weighted by Crippen LogP contribution is -1.97. The Balaban J connectivity index is 1.76. The molecule has 112 valence electrons. The maximum absolute atomic E-state index is 11.0. The lowest BCUT2D eigenvalue weighted by Gasteiger charge is -2.07. The van der Waals surface area contributed by atoms with Crippen molar-refractivity contribution >= 4 is 10.1 Å². The van der Waals surface area contributed by atoms with Crippen LogP contribution < -0.4 is 4.74 Å². The molecule has 0 aliphatic carbocycles. The summed E-state index contributed by atoms with van der Waals surface area (Å²) in [5.41, 5.74) is 0.839. The number of aromatic nitrogens is 3. The van der Waals surface area contributed by atoms with Crippen LogP contribution in [0.5, 0.6) is 11.5 Å². The molecule has 0 unspecified atom stereocenters. The van der Waals surface area contributed by atoms with Gasteiger partial charge in [0.15, 0.2) is 0 Å². The highest BCUT2D eigenvalue weighted by Gasteiger charge is 2.09. The number of rotatable bonds is 4.